The molecule has 1 aliphatic heterocycles. The molecule has 1 aliphatic rings. The summed E-state index contributed by atoms with van der Waals surface area (Å²) in [7, 11) is 0. The van der Waals surface area contributed by atoms with Crippen LogP contribution in [0.3, 0.4) is 0 Å². The van der Waals surface area contributed by atoms with Gasteiger partial charge in [-0.1, -0.05) is 50.6 Å². The van der Waals surface area contributed by atoms with E-state index < -0.39 is 0 Å². The van der Waals surface area contributed by atoms with Crippen LogP contribution in [0.25, 0.3) is 10.8 Å². The summed E-state index contributed by atoms with van der Waals surface area (Å²) in [5, 5.41) is 16.4. The highest BCUT2D eigenvalue weighted by atomic mass is 16.3. The van der Waals surface area contributed by atoms with Crippen molar-refractivity contribution in [1.82, 2.24) is 10.2 Å². The lowest BCUT2D eigenvalue weighted by Gasteiger charge is -2.39. The smallest absolute Gasteiger partial charge is 0.121 e. The van der Waals surface area contributed by atoms with Gasteiger partial charge in [0, 0.05) is 37.8 Å². The van der Waals surface area contributed by atoms with E-state index in [2.05, 4.69) is 48.3 Å². The van der Waals surface area contributed by atoms with E-state index in [9.17, 15) is 5.11 Å². The molecule has 0 bridgehead atoms. The van der Waals surface area contributed by atoms with Crippen LogP contribution in [0.2, 0.25) is 0 Å². The van der Waals surface area contributed by atoms with Crippen molar-refractivity contribution < 1.29 is 5.11 Å². The lowest BCUT2D eigenvalue weighted by atomic mass is 9.87. The number of aromatic hydroxyl groups is 1. The minimum absolute atomic E-state index is 0.276. The molecule has 0 spiro atoms. The van der Waals surface area contributed by atoms with Gasteiger partial charge < -0.3 is 10.4 Å². The summed E-state index contributed by atoms with van der Waals surface area (Å²) in [4.78, 5) is 2.53. The van der Waals surface area contributed by atoms with Gasteiger partial charge in [0.25, 0.3) is 0 Å². The number of piperazine rings is 1. The summed E-state index contributed by atoms with van der Waals surface area (Å²) < 4.78 is 0. The van der Waals surface area contributed by atoms with Gasteiger partial charge in [-0.15, -0.1) is 0 Å². The molecule has 1 unspecified atom stereocenters. The molecule has 3 rings (SSSR count). The molecule has 3 heteroatoms. The Labute approximate surface area is 132 Å². The molecule has 1 heterocycles. The normalized spacial score (nSPS) is 19.2. The number of benzene rings is 2. The number of hydrogen-bond acceptors (Lipinski definition) is 3. The number of rotatable bonds is 4. The molecular formula is C19H26N2O. The molecule has 22 heavy (non-hydrogen) atoms. The number of phenols is 1. The van der Waals surface area contributed by atoms with Crippen molar-refractivity contribution in [1.29, 1.82) is 0 Å². The van der Waals surface area contributed by atoms with Gasteiger partial charge in [0.05, 0.1) is 0 Å². The number of hydrogen-bond donors (Lipinski definition) is 2. The van der Waals surface area contributed by atoms with Crippen LogP contribution in [0.15, 0.2) is 36.4 Å². The summed E-state index contributed by atoms with van der Waals surface area (Å²) in [6.45, 7) is 8.67. The van der Waals surface area contributed by atoms with Crippen LogP contribution >= 0.6 is 0 Å². The minimum atomic E-state index is 0.276. The molecule has 2 atom stereocenters. The van der Waals surface area contributed by atoms with Crippen LogP contribution in [0, 0.1) is 5.92 Å². The third-order valence-electron chi connectivity index (χ3n) is 4.97. The van der Waals surface area contributed by atoms with E-state index in [1.807, 2.05) is 12.1 Å². The highest BCUT2D eigenvalue weighted by Crippen LogP contribution is 2.40. The summed E-state index contributed by atoms with van der Waals surface area (Å²) >= 11 is 0. The van der Waals surface area contributed by atoms with Crippen LogP contribution in [0.1, 0.15) is 31.9 Å². The zero-order chi connectivity index (χ0) is 15.5. The van der Waals surface area contributed by atoms with Gasteiger partial charge in [-0.3, -0.25) is 4.90 Å². The summed E-state index contributed by atoms with van der Waals surface area (Å²) in [5.41, 5.74) is 1.11. The maximum absolute atomic E-state index is 10.6. The maximum atomic E-state index is 10.6. The maximum Gasteiger partial charge on any atom is 0.121 e. The predicted molar refractivity (Wildman–Crippen MR) is 92.3 cm³/mol. The molecule has 2 aromatic carbocycles. The Bertz CT molecular complexity index is 634. The molecule has 0 aliphatic carbocycles. The monoisotopic (exact) mass is 298 g/mol. The summed E-state index contributed by atoms with van der Waals surface area (Å²) in [5.74, 6) is 0.942. The largest absolute Gasteiger partial charge is 0.508 e. The van der Waals surface area contributed by atoms with Gasteiger partial charge in [-0.2, -0.15) is 0 Å². The van der Waals surface area contributed by atoms with Crippen molar-refractivity contribution >= 4 is 10.8 Å². The van der Waals surface area contributed by atoms with Gasteiger partial charge in [-0.05, 0) is 22.8 Å². The second-order valence-electron chi connectivity index (χ2n) is 6.34. The van der Waals surface area contributed by atoms with Gasteiger partial charge >= 0.3 is 0 Å². The van der Waals surface area contributed by atoms with E-state index in [4.69, 9.17) is 0 Å². The topological polar surface area (TPSA) is 35.5 Å². The van der Waals surface area contributed by atoms with Crippen molar-refractivity contribution in [3.63, 3.8) is 0 Å². The van der Waals surface area contributed by atoms with Gasteiger partial charge in [0.15, 0.2) is 0 Å². The number of nitrogens with one attached hydrogen (secondary N) is 1. The lowest BCUT2D eigenvalue weighted by Crippen LogP contribution is -2.46. The number of fused-ring (bicyclic) bond motifs is 1. The van der Waals surface area contributed by atoms with Crippen LogP contribution < -0.4 is 5.32 Å². The first-order valence-electron chi connectivity index (χ1n) is 8.37. The van der Waals surface area contributed by atoms with E-state index in [0.29, 0.717) is 11.7 Å². The fraction of sp³-hybridized carbons (Fsp3) is 0.474. The highest BCUT2D eigenvalue weighted by Gasteiger charge is 2.29. The number of phenolic OH excluding ortho intramolecular Hbond substituents is 1. The second kappa shape index (κ2) is 6.67. The Hall–Kier alpha value is -1.58. The highest BCUT2D eigenvalue weighted by molar-refractivity contribution is 5.88. The molecule has 0 amide bonds. The van der Waals surface area contributed by atoms with Gasteiger partial charge in [-0.25, -0.2) is 0 Å². The molecule has 2 N–H and O–H groups in total. The average molecular weight is 298 g/mol. The van der Waals surface area contributed by atoms with Gasteiger partial charge in [0.1, 0.15) is 5.75 Å². The first-order chi connectivity index (χ1) is 10.7. The van der Waals surface area contributed by atoms with Crippen LogP contribution in [-0.2, 0) is 0 Å². The molecule has 1 saturated heterocycles. The zero-order valence-corrected chi connectivity index (χ0v) is 13.5. The predicted octanol–water partition coefficient (Wildman–Crippen LogP) is 3.54. The summed E-state index contributed by atoms with van der Waals surface area (Å²) in [6, 6.07) is 12.5. The fourth-order valence-corrected chi connectivity index (χ4v) is 3.61. The first kappa shape index (κ1) is 15.3. The SMILES string of the molecule is CCC(C)[C@@H](c1c(O)ccc2ccccc12)N1CCNCC1. The van der Waals surface area contributed by atoms with Crippen molar-refractivity contribution in [2.75, 3.05) is 26.2 Å². The third kappa shape index (κ3) is 2.83. The van der Waals surface area contributed by atoms with Crippen LogP contribution in [-0.4, -0.2) is 36.2 Å². The Morgan fingerprint density at radius 2 is 1.86 bits per heavy atom. The Morgan fingerprint density at radius 1 is 1.14 bits per heavy atom. The molecule has 1 fully saturated rings. The standard InChI is InChI=1S/C19H26N2O/c1-3-14(2)19(21-12-10-20-11-13-21)18-16-7-5-4-6-15(16)8-9-17(18)22/h4-9,14,19-20,22H,3,10-13H2,1-2H3/t14?,19-/m0/s1. The van der Waals surface area contributed by atoms with Crippen LogP contribution in [0.4, 0.5) is 0 Å². The molecule has 2 aromatic rings. The third-order valence-corrected chi connectivity index (χ3v) is 4.97. The lowest BCUT2D eigenvalue weighted by molar-refractivity contribution is 0.127. The first-order valence-corrected chi connectivity index (χ1v) is 8.37. The Morgan fingerprint density at radius 3 is 2.59 bits per heavy atom. The van der Waals surface area contributed by atoms with E-state index in [-0.39, 0.29) is 6.04 Å². The number of nitrogens with zero attached hydrogens (tertiary/aromatic N) is 1. The van der Waals surface area contributed by atoms with E-state index in [1.165, 1.54) is 10.8 Å². The van der Waals surface area contributed by atoms with Crippen molar-refractivity contribution in [3.05, 3.63) is 42.0 Å². The molecule has 118 valence electrons. The molecule has 3 nitrogen and oxygen atoms in total. The fourth-order valence-electron chi connectivity index (χ4n) is 3.61. The minimum Gasteiger partial charge on any atom is -0.508 e. The Kier molecular flexibility index (Phi) is 4.65. The van der Waals surface area contributed by atoms with E-state index in [0.717, 1.165) is 38.2 Å². The molecular weight excluding hydrogens is 272 g/mol. The Balaban J connectivity index is 2.12. The van der Waals surface area contributed by atoms with E-state index >= 15 is 0 Å². The van der Waals surface area contributed by atoms with Crippen molar-refractivity contribution in [2.24, 2.45) is 5.92 Å². The molecule has 0 saturated carbocycles. The molecule has 0 aromatic heterocycles. The van der Waals surface area contributed by atoms with Crippen molar-refractivity contribution in [3.8, 4) is 5.75 Å². The zero-order valence-electron chi connectivity index (χ0n) is 13.5. The van der Waals surface area contributed by atoms with Gasteiger partial charge in [0.2, 0.25) is 0 Å². The van der Waals surface area contributed by atoms with E-state index in [1.54, 1.807) is 0 Å². The average Bonchev–Trinajstić information content (AvgIpc) is 2.58. The molecule has 0 radical (unpaired) electrons. The summed E-state index contributed by atoms with van der Waals surface area (Å²) in [6.07, 6.45) is 1.11. The second-order valence-corrected chi connectivity index (χ2v) is 6.34. The van der Waals surface area contributed by atoms with Crippen molar-refractivity contribution in [2.45, 2.75) is 26.3 Å². The quantitative estimate of drug-likeness (QED) is 0.906. The van der Waals surface area contributed by atoms with Crippen LogP contribution in [0.5, 0.6) is 5.75 Å².